The summed E-state index contributed by atoms with van der Waals surface area (Å²) in [5, 5.41) is 0. The Labute approximate surface area is 153 Å². The second-order valence-corrected chi connectivity index (χ2v) is 8.00. The highest BCUT2D eigenvalue weighted by atomic mass is 31.2. The van der Waals surface area contributed by atoms with Crippen molar-refractivity contribution in [1.29, 1.82) is 0 Å². The van der Waals surface area contributed by atoms with Crippen molar-refractivity contribution >= 4 is 24.9 Å². The monoisotopic (exact) mass is 403 g/mol. The summed E-state index contributed by atoms with van der Waals surface area (Å²) in [6, 6.07) is 0. The van der Waals surface area contributed by atoms with Crippen molar-refractivity contribution in [2.24, 2.45) is 0 Å². The summed E-state index contributed by atoms with van der Waals surface area (Å²) in [6.45, 7) is 3.28. The Hall–Kier alpha value is -1.85. The number of rotatable bonds is 4. The quantitative estimate of drug-likeness (QED) is 0.751. The Balaban J connectivity index is 1.75. The molecule has 148 valence electrons. The van der Waals surface area contributed by atoms with Gasteiger partial charge in [-0.2, -0.15) is 9.97 Å². The Bertz CT molecular complexity index is 923. The first-order valence-corrected chi connectivity index (χ1v) is 9.71. The molecule has 4 rings (SSSR count). The number of ether oxygens (including phenoxy) is 2. The first kappa shape index (κ1) is 18.5. The SMILES string of the molecule is CCOc1nc(N)nc2c1ncn2[C@@H]1O[C@@H]2COP(=O)(OC)O[C@@H]2[C@@]1(C)F. The molecule has 2 aliphatic rings. The number of fused-ring (bicyclic) bond motifs is 2. The molecule has 2 aromatic rings. The number of aromatic nitrogens is 4. The number of phosphoric acid groups is 1. The maximum Gasteiger partial charge on any atom is 0.475 e. The number of nitrogens with zero attached hydrogens (tertiary/aromatic N) is 4. The summed E-state index contributed by atoms with van der Waals surface area (Å²) in [6.07, 6.45) is -1.76. The van der Waals surface area contributed by atoms with E-state index in [1.165, 1.54) is 24.9 Å². The van der Waals surface area contributed by atoms with Crippen molar-refractivity contribution in [3.8, 4) is 5.88 Å². The number of anilines is 1. The molecule has 0 amide bonds. The smallest absolute Gasteiger partial charge is 0.475 e. The van der Waals surface area contributed by atoms with Crippen LogP contribution in [0.15, 0.2) is 6.33 Å². The van der Waals surface area contributed by atoms with Crippen LogP contribution in [0.5, 0.6) is 5.88 Å². The third-order valence-corrected chi connectivity index (χ3v) is 5.88. The van der Waals surface area contributed by atoms with Crippen LogP contribution in [0.25, 0.3) is 11.2 Å². The standard InChI is InChI=1S/C14H19FN5O6P/c1-4-23-11-8-10(18-13(16)19-11)20(6-17-8)12-14(2,15)9-7(25-12)5-24-27(21,22-3)26-9/h6-7,9,12H,4-5H2,1-3H3,(H2,16,18,19)/t7-,9+,12-,14-,27?/m1/s1. The van der Waals surface area contributed by atoms with Crippen LogP contribution in [-0.2, 0) is 22.9 Å². The number of alkyl halides is 1. The summed E-state index contributed by atoms with van der Waals surface area (Å²) in [5.41, 5.74) is 4.23. The summed E-state index contributed by atoms with van der Waals surface area (Å²) in [7, 11) is -2.66. The Morgan fingerprint density at radius 2 is 2.30 bits per heavy atom. The van der Waals surface area contributed by atoms with Crippen molar-refractivity contribution in [2.75, 3.05) is 26.1 Å². The van der Waals surface area contributed by atoms with Gasteiger partial charge in [0.1, 0.15) is 12.2 Å². The molecule has 4 heterocycles. The lowest BCUT2D eigenvalue weighted by Gasteiger charge is -2.33. The second kappa shape index (κ2) is 6.35. The zero-order valence-electron chi connectivity index (χ0n) is 14.9. The zero-order valence-corrected chi connectivity index (χ0v) is 15.8. The Morgan fingerprint density at radius 1 is 1.52 bits per heavy atom. The van der Waals surface area contributed by atoms with Crippen LogP contribution in [0, 0.1) is 0 Å². The minimum atomic E-state index is -3.83. The minimum absolute atomic E-state index is 0.0489. The van der Waals surface area contributed by atoms with Crippen LogP contribution in [0.4, 0.5) is 10.3 Å². The lowest BCUT2D eigenvalue weighted by Crippen LogP contribution is -2.44. The average Bonchev–Trinajstić information content (AvgIpc) is 3.14. The molecule has 2 aromatic heterocycles. The lowest BCUT2D eigenvalue weighted by molar-refractivity contribution is -0.0686. The van der Waals surface area contributed by atoms with Gasteiger partial charge in [0.25, 0.3) is 0 Å². The molecular weight excluding hydrogens is 384 g/mol. The molecule has 0 radical (unpaired) electrons. The van der Waals surface area contributed by atoms with Gasteiger partial charge in [-0.15, -0.1) is 0 Å². The highest BCUT2D eigenvalue weighted by Gasteiger charge is 2.61. The molecule has 11 nitrogen and oxygen atoms in total. The first-order chi connectivity index (χ1) is 12.8. The number of phosphoric ester groups is 1. The molecule has 27 heavy (non-hydrogen) atoms. The number of hydrogen-bond donors (Lipinski definition) is 1. The summed E-state index contributed by atoms with van der Waals surface area (Å²) >= 11 is 0. The predicted octanol–water partition coefficient (Wildman–Crippen LogP) is 1.60. The van der Waals surface area contributed by atoms with Crippen molar-refractivity contribution in [3.63, 3.8) is 0 Å². The Morgan fingerprint density at radius 3 is 3.00 bits per heavy atom. The van der Waals surface area contributed by atoms with Gasteiger partial charge in [0, 0.05) is 7.11 Å². The molecule has 2 aliphatic heterocycles. The third-order valence-electron chi connectivity index (χ3n) is 4.48. The van der Waals surface area contributed by atoms with Crippen LogP contribution in [-0.4, -0.2) is 57.7 Å². The van der Waals surface area contributed by atoms with Crippen LogP contribution < -0.4 is 10.5 Å². The van der Waals surface area contributed by atoms with E-state index in [9.17, 15) is 4.57 Å². The molecule has 0 bridgehead atoms. The zero-order chi connectivity index (χ0) is 19.4. The molecule has 0 aliphatic carbocycles. The number of nitrogen functional groups attached to an aromatic ring is 1. The van der Waals surface area contributed by atoms with Crippen molar-refractivity contribution in [3.05, 3.63) is 6.33 Å². The molecule has 2 N–H and O–H groups in total. The van der Waals surface area contributed by atoms with E-state index < -0.39 is 31.9 Å². The fourth-order valence-corrected chi connectivity index (χ4v) is 4.46. The molecular formula is C14H19FN5O6P. The van der Waals surface area contributed by atoms with Crippen LogP contribution in [0.1, 0.15) is 20.1 Å². The first-order valence-electron chi connectivity index (χ1n) is 8.25. The van der Waals surface area contributed by atoms with Gasteiger partial charge >= 0.3 is 7.82 Å². The third kappa shape index (κ3) is 2.88. The van der Waals surface area contributed by atoms with Crippen molar-refractivity contribution in [2.45, 2.75) is 38.0 Å². The molecule has 1 unspecified atom stereocenters. The molecule has 0 spiro atoms. The molecule has 13 heteroatoms. The van der Waals surface area contributed by atoms with Crippen molar-refractivity contribution in [1.82, 2.24) is 19.5 Å². The van der Waals surface area contributed by atoms with Crippen LogP contribution in [0.2, 0.25) is 0 Å². The minimum Gasteiger partial charge on any atom is -0.476 e. The normalized spacial score (nSPS) is 36.1. The van der Waals surface area contributed by atoms with E-state index in [2.05, 4.69) is 15.0 Å². The maximum atomic E-state index is 15.7. The predicted molar refractivity (Wildman–Crippen MR) is 89.8 cm³/mol. The van der Waals surface area contributed by atoms with E-state index in [1.54, 1.807) is 6.92 Å². The Kier molecular flexibility index (Phi) is 4.35. The van der Waals surface area contributed by atoms with E-state index in [0.717, 1.165) is 0 Å². The van der Waals surface area contributed by atoms with Gasteiger partial charge in [-0.3, -0.25) is 18.1 Å². The number of nitrogens with two attached hydrogens (primary N) is 1. The maximum absolute atomic E-state index is 15.7. The van der Waals surface area contributed by atoms with E-state index in [0.29, 0.717) is 12.1 Å². The number of halogens is 1. The van der Waals surface area contributed by atoms with Crippen molar-refractivity contribution < 1.29 is 32.0 Å². The highest BCUT2D eigenvalue weighted by molar-refractivity contribution is 7.48. The van der Waals surface area contributed by atoms with Gasteiger partial charge in [0.15, 0.2) is 23.1 Å². The molecule has 2 fully saturated rings. The van der Waals surface area contributed by atoms with Gasteiger partial charge in [0.2, 0.25) is 11.8 Å². The van der Waals surface area contributed by atoms with Gasteiger partial charge in [0.05, 0.1) is 19.5 Å². The lowest BCUT2D eigenvalue weighted by atomic mass is 9.98. The summed E-state index contributed by atoms with van der Waals surface area (Å²) in [5.74, 6) is 0.144. The van der Waals surface area contributed by atoms with Crippen LogP contribution >= 0.6 is 7.82 Å². The van der Waals surface area contributed by atoms with Gasteiger partial charge < -0.3 is 15.2 Å². The number of imidazole rings is 1. The van der Waals surface area contributed by atoms with E-state index in [1.807, 2.05) is 0 Å². The van der Waals surface area contributed by atoms with E-state index >= 15 is 4.39 Å². The summed E-state index contributed by atoms with van der Waals surface area (Å²) < 4.78 is 55.6. The molecule has 0 saturated carbocycles. The van der Waals surface area contributed by atoms with Gasteiger partial charge in [-0.1, -0.05) is 0 Å². The average molecular weight is 403 g/mol. The highest BCUT2D eigenvalue weighted by Crippen LogP contribution is 2.59. The molecule has 5 atom stereocenters. The topological polar surface area (TPSA) is 133 Å². The molecule has 0 aromatic carbocycles. The van der Waals surface area contributed by atoms with E-state index in [4.69, 9.17) is 28.8 Å². The largest absolute Gasteiger partial charge is 0.476 e. The van der Waals surface area contributed by atoms with Crippen LogP contribution in [0.3, 0.4) is 0 Å². The van der Waals surface area contributed by atoms with Gasteiger partial charge in [-0.05, 0) is 13.8 Å². The van der Waals surface area contributed by atoms with E-state index in [-0.39, 0.29) is 24.1 Å². The fraction of sp³-hybridized carbons (Fsp3) is 0.643. The van der Waals surface area contributed by atoms with Gasteiger partial charge in [-0.25, -0.2) is 13.9 Å². The number of hydrogen-bond acceptors (Lipinski definition) is 10. The summed E-state index contributed by atoms with van der Waals surface area (Å²) in [4.78, 5) is 12.4. The fourth-order valence-electron chi connectivity index (χ4n) is 3.25. The molecule has 2 saturated heterocycles. The second-order valence-electron chi connectivity index (χ2n) is 6.27.